The number of nitrogens with zero attached hydrogens (tertiary/aromatic N) is 1. The summed E-state index contributed by atoms with van der Waals surface area (Å²) < 4.78 is 89.9. The number of hydrogen-bond acceptors (Lipinski definition) is 3. The van der Waals surface area contributed by atoms with Gasteiger partial charge < -0.3 is 0 Å². The number of nitrogens with one attached hydrogen (secondary N) is 1. The number of aromatic nitrogens is 2. The lowest BCUT2D eigenvalue weighted by atomic mass is 9.96. The molecule has 0 aliphatic carbocycles. The molecule has 0 radical (unpaired) electrons. The Hall–Kier alpha value is -2.50. The largest absolute Gasteiger partial charge is 0.459 e. The topological polar surface area (TPSA) is 88.8 Å². The lowest BCUT2D eigenvalue weighted by Crippen LogP contribution is -2.34. The monoisotopic (exact) mass is 451 g/mol. The van der Waals surface area contributed by atoms with Crippen molar-refractivity contribution in [3.63, 3.8) is 0 Å². The molecule has 5 nitrogen and oxygen atoms in total. The van der Waals surface area contributed by atoms with Crippen LogP contribution < -0.4 is 5.14 Å². The number of hydrogen-bond donors (Lipinski definition) is 2. The second kappa shape index (κ2) is 7.08. The van der Waals surface area contributed by atoms with Crippen LogP contribution >= 0.6 is 11.6 Å². The van der Waals surface area contributed by atoms with E-state index in [0.29, 0.717) is 0 Å². The maximum absolute atomic E-state index is 14.1. The molecule has 0 fully saturated rings. The van der Waals surface area contributed by atoms with Crippen LogP contribution in [0.2, 0.25) is 5.02 Å². The maximum Gasteiger partial charge on any atom is 0.459 e. The fraction of sp³-hybridized carbons (Fsp3) is 0.118. The van der Waals surface area contributed by atoms with E-state index >= 15 is 0 Å². The van der Waals surface area contributed by atoms with Crippen molar-refractivity contribution in [1.29, 1.82) is 0 Å². The van der Waals surface area contributed by atoms with Crippen molar-refractivity contribution in [3.8, 4) is 22.4 Å². The SMILES string of the molecule is NS(=O)(=O)c1ccc(-c2n[nH]c(C(F)(F)C(F)(F)F)c2-c2ccc(Cl)cc2)cc1. The highest BCUT2D eigenvalue weighted by atomic mass is 35.5. The van der Waals surface area contributed by atoms with Crippen molar-refractivity contribution >= 4 is 21.6 Å². The van der Waals surface area contributed by atoms with Crippen LogP contribution in [0, 0.1) is 0 Å². The van der Waals surface area contributed by atoms with E-state index in [1.54, 1.807) is 5.10 Å². The molecule has 0 saturated carbocycles. The van der Waals surface area contributed by atoms with Gasteiger partial charge in [0.2, 0.25) is 10.0 Å². The molecule has 0 aliphatic heterocycles. The first kappa shape index (κ1) is 21.2. The minimum absolute atomic E-state index is 0.00704. The second-order valence-electron chi connectivity index (χ2n) is 5.97. The molecule has 0 bridgehead atoms. The number of aromatic amines is 1. The average molecular weight is 452 g/mol. The second-order valence-corrected chi connectivity index (χ2v) is 7.97. The van der Waals surface area contributed by atoms with Gasteiger partial charge in [-0.15, -0.1) is 0 Å². The molecular weight excluding hydrogens is 441 g/mol. The van der Waals surface area contributed by atoms with E-state index in [-0.39, 0.29) is 26.7 Å². The number of nitrogens with two attached hydrogens (primary N) is 1. The maximum atomic E-state index is 14.1. The van der Waals surface area contributed by atoms with E-state index < -0.39 is 33.4 Å². The van der Waals surface area contributed by atoms with Gasteiger partial charge in [-0.2, -0.15) is 27.1 Å². The van der Waals surface area contributed by atoms with E-state index in [9.17, 15) is 30.4 Å². The molecule has 0 aliphatic rings. The normalized spacial score (nSPS) is 12.9. The third kappa shape index (κ3) is 3.98. The molecule has 0 spiro atoms. The summed E-state index contributed by atoms with van der Waals surface area (Å²) in [7, 11) is -4.02. The van der Waals surface area contributed by atoms with Crippen molar-refractivity contribution in [2.75, 3.05) is 0 Å². The van der Waals surface area contributed by atoms with Gasteiger partial charge in [0.15, 0.2) is 0 Å². The Morgan fingerprint density at radius 3 is 1.90 bits per heavy atom. The predicted octanol–water partition coefficient (Wildman–Crippen LogP) is 4.70. The Morgan fingerprint density at radius 1 is 0.897 bits per heavy atom. The summed E-state index contributed by atoms with van der Waals surface area (Å²) in [4.78, 5) is -0.259. The first-order valence-corrected chi connectivity index (χ1v) is 9.67. The van der Waals surface area contributed by atoms with Crippen molar-refractivity contribution in [2.24, 2.45) is 5.14 Å². The highest BCUT2D eigenvalue weighted by Gasteiger charge is 2.61. The first-order chi connectivity index (χ1) is 13.3. The molecule has 0 amide bonds. The average Bonchev–Trinajstić information content (AvgIpc) is 3.06. The van der Waals surface area contributed by atoms with Crippen molar-refractivity contribution in [3.05, 3.63) is 59.2 Å². The lowest BCUT2D eigenvalue weighted by Gasteiger charge is -2.20. The Balaban J connectivity index is 2.25. The molecule has 2 aromatic carbocycles. The zero-order valence-electron chi connectivity index (χ0n) is 14.1. The molecule has 0 atom stereocenters. The van der Waals surface area contributed by atoms with Crippen LogP contribution in [0.3, 0.4) is 0 Å². The van der Waals surface area contributed by atoms with Gasteiger partial charge in [0.1, 0.15) is 11.4 Å². The Kier molecular flexibility index (Phi) is 5.18. The molecule has 12 heteroatoms. The minimum Gasteiger partial charge on any atom is -0.275 e. The summed E-state index contributed by atoms with van der Waals surface area (Å²) in [6.07, 6.45) is -5.87. The molecular formula is C17H11ClF5N3O2S. The van der Waals surface area contributed by atoms with Crippen LogP contribution in [0.15, 0.2) is 53.4 Å². The van der Waals surface area contributed by atoms with Gasteiger partial charge in [0.05, 0.1) is 4.90 Å². The van der Waals surface area contributed by atoms with Crippen LogP contribution in [-0.4, -0.2) is 24.8 Å². The van der Waals surface area contributed by atoms with Gasteiger partial charge in [-0.05, 0) is 29.8 Å². The van der Waals surface area contributed by atoms with Gasteiger partial charge in [-0.3, -0.25) is 5.10 Å². The molecule has 1 heterocycles. The van der Waals surface area contributed by atoms with Crippen molar-refractivity contribution in [2.45, 2.75) is 17.0 Å². The standard InChI is InChI=1S/C17H11ClF5N3O2S/c18-11-5-1-9(2-6-11)13-14(10-3-7-12(8-4-10)29(24,27)28)25-26-15(13)16(19,20)17(21,22)23/h1-8H,(H,25,26)(H2,24,27,28). The summed E-state index contributed by atoms with van der Waals surface area (Å²) in [6, 6.07) is 9.77. The lowest BCUT2D eigenvalue weighted by molar-refractivity contribution is -0.290. The van der Waals surface area contributed by atoms with Crippen LogP contribution in [0.5, 0.6) is 0 Å². The van der Waals surface area contributed by atoms with Gasteiger partial charge in [-0.25, -0.2) is 13.6 Å². The van der Waals surface area contributed by atoms with Gasteiger partial charge in [0.25, 0.3) is 0 Å². The summed E-state index contributed by atoms with van der Waals surface area (Å²) in [5.41, 5.74) is -2.06. The van der Waals surface area contributed by atoms with Crippen LogP contribution in [0.1, 0.15) is 5.69 Å². The highest BCUT2D eigenvalue weighted by Crippen LogP contribution is 2.48. The molecule has 154 valence electrons. The Morgan fingerprint density at radius 2 is 1.41 bits per heavy atom. The Bertz CT molecular complexity index is 1140. The smallest absolute Gasteiger partial charge is 0.275 e. The summed E-state index contributed by atoms with van der Waals surface area (Å²) in [5.74, 6) is -5.21. The number of rotatable bonds is 4. The summed E-state index contributed by atoms with van der Waals surface area (Å²) in [5, 5.41) is 10.7. The molecule has 3 rings (SSSR count). The zero-order valence-corrected chi connectivity index (χ0v) is 15.7. The van der Waals surface area contributed by atoms with Gasteiger partial charge >= 0.3 is 12.1 Å². The van der Waals surface area contributed by atoms with E-state index in [2.05, 4.69) is 5.10 Å². The number of halogens is 6. The van der Waals surface area contributed by atoms with Crippen molar-refractivity contribution in [1.82, 2.24) is 10.2 Å². The predicted molar refractivity (Wildman–Crippen MR) is 95.8 cm³/mol. The molecule has 0 unspecified atom stereocenters. The molecule has 0 saturated heterocycles. The van der Waals surface area contributed by atoms with Crippen LogP contribution in [-0.2, 0) is 15.9 Å². The van der Waals surface area contributed by atoms with Crippen LogP contribution in [0.4, 0.5) is 22.0 Å². The number of benzene rings is 2. The third-order valence-electron chi connectivity index (χ3n) is 4.03. The summed E-state index contributed by atoms with van der Waals surface area (Å²) in [6.45, 7) is 0. The third-order valence-corrected chi connectivity index (χ3v) is 5.21. The van der Waals surface area contributed by atoms with E-state index in [1.807, 2.05) is 0 Å². The first-order valence-electron chi connectivity index (χ1n) is 7.75. The fourth-order valence-corrected chi connectivity index (χ4v) is 3.26. The number of primary sulfonamides is 1. The number of alkyl halides is 5. The molecule has 3 aromatic rings. The summed E-state index contributed by atoms with van der Waals surface area (Å²) >= 11 is 5.77. The van der Waals surface area contributed by atoms with Crippen LogP contribution in [0.25, 0.3) is 22.4 Å². The Labute approximate surface area is 166 Å². The van der Waals surface area contributed by atoms with E-state index in [4.69, 9.17) is 16.7 Å². The molecule has 3 N–H and O–H groups in total. The van der Waals surface area contributed by atoms with E-state index in [0.717, 1.165) is 12.1 Å². The van der Waals surface area contributed by atoms with Gasteiger partial charge in [-0.1, -0.05) is 35.9 Å². The minimum atomic E-state index is -5.87. The highest BCUT2D eigenvalue weighted by molar-refractivity contribution is 7.89. The molecule has 29 heavy (non-hydrogen) atoms. The number of H-pyrrole nitrogens is 1. The van der Waals surface area contributed by atoms with Crippen molar-refractivity contribution < 1.29 is 30.4 Å². The molecule has 1 aromatic heterocycles. The zero-order chi connectivity index (χ0) is 21.6. The quantitative estimate of drug-likeness (QED) is 0.563. The fourth-order valence-electron chi connectivity index (χ4n) is 2.62. The van der Waals surface area contributed by atoms with Gasteiger partial charge in [0, 0.05) is 16.1 Å². The van der Waals surface area contributed by atoms with E-state index in [1.165, 1.54) is 36.4 Å². The number of sulfonamides is 1.